The lowest BCUT2D eigenvalue weighted by atomic mass is 10.1. The fourth-order valence-electron chi connectivity index (χ4n) is 2.75. The molecule has 3 rings (SSSR count). The monoisotopic (exact) mass is 437 g/mol. The van der Waals surface area contributed by atoms with Crippen molar-refractivity contribution < 1.29 is 18.9 Å². The molecular formula is C22H16ClN3O5. The Labute approximate surface area is 182 Å². The van der Waals surface area contributed by atoms with E-state index in [1.165, 1.54) is 36.4 Å². The van der Waals surface area contributed by atoms with Crippen LogP contribution in [0.25, 0.3) is 17.4 Å². The molecule has 9 heteroatoms. The molecule has 1 heterocycles. The highest BCUT2D eigenvalue weighted by molar-refractivity contribution is 6.30. The van der Waals surface area contributed by atoms with Crippen molar-refractivity contribution in [1.82, 2.24) is 5.32 Å². The molecule has 1 amide bonds. The molecule has 0 bridgehead atoms. The molecule has 31 heavy (non-hydrogen) atoms. The van der Waals surface area contributed by atoms with Crippen molar-refractivity contribution in [3.63, 3.8) is 0 Å². The zero-order valence-electron chi connectivity index (χ0n) is 16.3. The van der Waals surface area contributed by atoms with E-state index in [9.17, 15) is 20.2 Å². The van der Waals surface area contributed by atoms with Crippen molar-refractivity contribution in [2.45, 2.75) is 6.54 Å². The van der Waals surface area contributed by atoms with E-state index < -0.39 is 10.8 Å². The van der Waals surface area contributed by atoms with E-state index in [1.807, 2.05) is 6.07 Å². The van der Waals surface area contributed by atoms with E-state index in [4.69, 9.17) is 20.8 Å². The average molecular weight is 438 g/mol. The number of nitro benzene ring substituents is 1. The fourth-order valence-corrected chi connectivity index (χ4v) is 2.92. The van der Waals surface area contributed by atoms with Gasteiger partial charge in [0.1, 0.15) is 28.9 Å². The van der Waals surface area contributed by atoms with Crippen molar-refractivity contribution in [3.8, 4) is 23.1 Å². The van der Waals surface area contributed by atoms with Gasteiger partial charge in [0, 0.05) is 23.7 Å². The number of nitriles is 1. The number of carbonyl (C=O) groups excluding carboxylic acids is 1. The topological polar surface area (TPSA) is 118 Å². The Morgan fingerprint density at radius 1 is 1.26 bits per heavy atom. The molecule has 0 spiro atoms. The molecule has 0 aliphatic carbocycles. The van der Waals surface area contributed by atoms with Gasteiger partial charge in [-0.15, -0.1) is 0 Å². The largest absolute Gasteiger partial charge is 0.497 e. The summed E-state index contributed by atoms with van der Waals surface area (Å²) in [5.74, 6) is 0.539. The summed E-state index contributed by atoms with van der Waals surface area (Å²) in [6.07, 6.45) is 1.27. The van der Waals surface area contributed by atoms with Crippen LogP contribution in [0.4, 0.5) is 5.69 Å². The fraction of sp³-hybridized carbons (Fsp3) is 0.0909. The van der Waals surface area contributed by atoms with Crippen LogP contribution in [-0.4, -0.2) is 17.9 Å². The van der Waals surface area contributed by atoms with Crippen LogP contribution >= 0.6 is 11.6 Å². The van der Waals surface area contributed by atoms with Crippen molar-refractivity contribution in [2.75, 3.05) is 7.11 Å². The molecule has 0 fully saturated rings. The predicted molar refractivity (Wildman–Crippen MR) is 114 cm³/mol. The van der Waals surface area contributed by atoms with Gasteiger partial charge in [-0.2, -0.15) is 5.26 Å². The summed E-state index contributed by atoms with van der Waals surface area (Å²) >= 11 is 5.83. The summed E-state index contributed by atoms with van der Waals surface area (Å²) in [6, 6.07) is 16.2. The second-order valence-corrected chi connectivity index (χ2v) is 6.76. The smallest absolute Gasteiger partial charge is 0.281 e. The molecule has 0 saturated heterocycles. The van der Waals surface area contributed by atoms with E-state index in [0.29, 0.717) is 5.75 Å². The maximum Gasteiger partial charge on any atom is 0.281 e. The van der Waals surface area contributed by atoms with Crippen molar-refractivity contribution in [2.24, 2.45) is 0 Å². The van der Waals surface area contributed by atoms with Crippen molar-refractivity contribution >= 4 is 29.3 Å². The Bertz CT molecular complexity index is 1190. The molecule has 0 atom stereocenters. The van der Waals surface area contributed by atoms with Gasteiger partial charge in [-0.1, -0.05) is 23.7 Å². The number of hydrogen-bond donors (Lipinski definition) is 1. The zero-order valence-corrected chi connectivity index (χ0v) is 17.1. The Kier molecular flexibility index (Phi) is 6.70. The minimum atomic E-state index is -0.575. The molecule has 8 nitrogen and oxygen atoms in total. The highest BCUT2D eigenvalue weighted by Crippen LogP contribution is 2.33. The molecule has 0 aliphatic rings. The van der Waals surface area contributed by atoms with Gasteiger partial charge >= 0.3 is 0 Å². The number of ether oxygens (including phenoxy) is 1. The molecule has 0 unspecified atom stereocenters. The van der Waals surface area contributed by atoms with Crippen LogP contribution in [0, 0.1) is 21.4 Å². The van der Waals surface area contributed by atoms with Crippen LogP contribution < -0.4 is 10.1 Å². The third-order valence-electron chi connectivity index (χ3n) is 4.31. The lowest BCUT2D eigenvalue weighted by Crippen LogP contribution is -2.23. The van der Waals surface area contributed by atoms with Crippen LogP contribution in [0.3, 0.4) is 0 Å². The highest BCUT2D eigenvalue weighted by Gasteiger charge is 2.19. The predicted octanol–water partition coefficient (Wildman–Crippen LogP) is 4.74. The molecule has 3 aromatic rings. The standard InChI is InChI=1S/C22H16ClN3O5/c1-30-17-5-2-14(3-6-17)13-25-22(27)15(12-24)10-18-7-9-21(31-18)19-8-4-16(23)11-20(19)26(28)29/h2-11H,13H2,1H3,(H,25,27)/b15-10-. The normalized spacial score (nSPS) is 10.9. The van der Waals surface area contributed by atoms with E-state index in [2.05, 4.69) is 5.32 Å². The molecule has 0 radical (unpaired) electrons. The van der Waals surface area contributed by atoms with Gasteiger partial charge in [0.05, 0.1) is 17.6 Å². The minimum absolute atomic E-state index is 0.167. The van der Waals surface area contributed by atoms with Crippen LogP contribution in [0.15, 0.2) is 64.6 Å². The first-order valence-electron chi connectivity index (χ1n) is 8.98. The summed E-state index contributed by atoms with van der Waals surface area (Å²) in [7, 11) is 1.56. The Morgan fingerprint density at radius 2 is 2.00 bits per heavy atom. The summed E-state index contributed by atoms with van der Waals surface area (Å²) in [6.45, 7) is 0.224. The molecule has 0 aliphatic heterocycles. The number of halogens is 1. The van der Waals surface area contributed by atoms with Crippen molar-refractivity contribution in [3.05, 3.63) is 86.6 Å². The number of rotatable bonds is 7. The number of nitro groups is 1. The number of furan rings is 1. The van der Waals surface area contributed by atoms with Gasteiger partial charge in [0.15, 0.2) is 0 Å². The van der Waals surface area contributed by atoms with E-state index in [1.54, 1.807) is 31.4 Å². The molecule has 2 aromatic carbocycles. The van der Waals surface area contributed by atoms with Gasteiger partial charge in [0.2, 0.25) is 0 Å². The second-order valence-electron chi connectivity index (χ2n) is 6.32. The van der Waals surface area contributed by atoms with Gasteiger partial charge in [-0.3, -0.25) is 14.9 Å². The van der Waals surface area contributed by atoms with E-state index in [-0.39, 0.29) is 39.9 Å². The Balaban J connectivity index is 1.76. The minimum Gasteiger partial charge on any atom is -0.497 e. The molecule has 1 N–H and O–H groups in total. The van der Waals surface area contributed by atoms with Crippen LogP contribution in [-0.2, 0) is 11.3 Å². The number of nitrogens with one attached hydrogen (secondary N) is 1. The lowest BCUT2D eigenvalue weighted by Gasteiger charge is -2.05. The third kappa shape index (κ3) is 5.29. The lowest BCUT2D eigenvalue weighted by molar-refractivity contribution is -0.384. The first kappa shape index (κ1) is 21.6. The number of hydrogen-bond acceptors (Lipinski definition) is 6. The molecule has 0 saturated carbocycles. The summed E-state index contributed by atoms with van der Waals surface area (Å²) in [5, 5.41) is 23.5. The second kappa shape index (κ2) is 9.61. The summed E-state index contributed by atoms with van der Waals surface area (Å²) in [4.78, 5) is 23.1. The van der Waals surface area contributed by atoms with Gasteiger partial charge in [-0.25, -0.2) is 0 Å². The first-order chi connectivity index (χ1) is 14.9. The quantitative estimate of drug-likeness (QED) is 0.247. The van der Waals surface area contributed by atoms with Gasteiger partial charge in [-0.05, 0) is 42.0 Å². The third-order valence-corrected chi connectivity index (χ3v) is 4.55. The zero-order chi connectivity index (χ0) is 22.4. The maximum absolute atomic E-state index is 12.4. The molecule has 156 valence electrons. The number of carbonyl (C=O) groups is 1. The van der Waals surface area contributed by atoms with E-state index in [0.717, 1.165) is 5.56 Å². The van der Waals surface area contributed by atoms with Crippen molar-refractivity contribution in [1.29, 1.82) is 5.26 Å². The average Bonchev–Trinajstić information content (AvgIpc) is 3.24. The summed E-state index contributed by atoms with van der Waals surface area (Å²) < 4.78 is 10.7. The number of nitrogens with zero attached hydrogens (tertiary/aromatic N) is 2. The van der Waals surface area contributed by atoms with E-state index >= 15 is 0 Å². The number of amides is 1. The highest BCUT2D eigenvalue weighted by atomic mass is 35.5. The SMILES string of the molecule is COc1ccc(CNC(=O)/C(C#N)=C\c2ccc(-c3ccc(Cl)cc3[N+](=O)[O-])o2)cc1. The van der Waals surface area contributed by atoms with Crippen LogP contribution in [0.1, 0.15) is 11.3 Å². The van der Waals surface area contributed by atoms with Gasteiger partial charge in [0.25, 0.3) is 11.6 Å². The van der Waals surface area contributed by atoms with Gasteiger partial charge < -0.3 is 14.5 Å². The maximum atomic E-state index is 12.4. The Hall–Kier alpha value is -4.09. The summed E-state index contributed by atoms with van der Waals surface area (Å²) in [5.41, 5.74) is 0.688. The molecule has 1 aromatic heterocycles. The number of benzene rings is 2. The Morgan fingerprint density at radius 3 is 2.65 bits per heavy atom. The number of methoxy groups -OCH3 is 1. The first-order valence-corrected chi connectivity index (χ1v) is 9.36. The molecular weight excluding hydrogens is 422 g/mol. The van der Waals surface area contributed by atoms with Crippen LogP contribution in [0.5, 0.6) is 5.75 Å². The van der Waals surface area contributed by atoms with Crippen LogP contribution in [0.2, 0.25) is 5.02 Å².